The van der Waals surface area contributed by atoms with E-state index in [1.165, 1.54) is 4.90 Å². The lowest BCUT2D eigenvalue weighted by Crippen LogP contribution is -2.46. The number of fused-ring (bicyclic) bond motifs is 1. The smallest absolute Gasteiger partial charge is 0.261 e. The Bertz CT molecular complexity index is 919. The average Bonchev–Trinajstić information content (AvgIpc) is 3.06. The highest BCUT2D eigenvalue weighted by molar-refractivity contribution is 6.21. The zero-order chi connectivity index (χ0) is 21.8. The molecule has 1 saturated heterocycles. The van der Waals surface area contributed by atoms with Gasteiger partial charge in [-0.1, -0.05) is 18.2 Å². The summed E-state index contributed by atoms with van der Waals surface area (Å²) in [5, 5.41) is 0. The van der Waals surface area contributed by atoms with Gasteiger partial charge >= 0.3 is 0 Å². The van der Waals surface area contributed by atoms with Gasteiger partial charge in [-0.2, -0.15) is 0 Å². The van der Waals surface area contributed by atoms with Crippen LogP contribution >= 0.6 is 0 Å². The number of nitrogens with zero attached hydrogens (tertiary/aromatic N) is 4. The average molecular weight is 421 g/mol. The maximum absolute atomic E-state index is 12.7. The SMILES string of the molecule is CN(C(=O)CCN1C(=O)c2ccccc2C1=O)C1CCN(CCc2ccccn2)CC1. The van der Waals surface area contributed by atoms with Gasteiger partial charge in [0.1, 0.15) is 0 Å². The van der Waals surface area contributed by atoms with Crippen molar-refractivity contribution in [3.63, 3.8) is 0 Å². The molecule has 0 radical (unpaired) electrons. The van der Waals surface area contributed by atoms with Crippen LogP contribution in [0.25, 0.3) is 0 Å². The van der Waals surface area contributed by atoms with Crippen molar-refractivity contribution in [1.29, 1.82) is 0 Å². The zero-order valence-corrected chi connectivity index (χ0v) is 17.9. The van der Waals surface area contributed by atoms with E-state index in [1.54, 1.807) is 29.2 Å². The second kappa shape index (κ2) is 9.39. The lowest BCUT2D eigenvalue weighted by atomic mass is 10.0. The van der Waals surface area contributed by atoms with Crippen molar-refractivity contribution in [2.45, 2.75) is 31.7 Å². The Balaban J connectivity index is 1.22. The molecule has 0 unspecified atom stereocenters. The second-order valence-corrected chi connectivity index (χ2v) is 8.21. The van der Waals surface area contributed by atoms with E-state index in [-0.39, 0.29) is 36.7 Å². The highest BCUT2D eigenvalue weighted by Crippen LogP contribution is 2.23. The first-order valence-electron chi connectivity index (χ1n) is 10.9. The molecule has 1 aromatic carbocycles. The highest BCUT2D eigenvalue weighted by atomic mass is 16.2. The normalized spacial score (nSPS) is 17.1. The van der Waals surface area contributed by atoms with Crippen molar-refractivity contribution in [3.05, 3.63) is 65.5 Å². The maximum Gasteiger partial charge on any atom is 0.261 e. The summed E-state index contributed by atoms with van der Waals surface area (Å²) in [6.07, 6.45) is 4.77. The lowest BCUT2D eigenvalue weighted by Gasteiger charge is -2.37. The van der Waals surface area contributed by atoms with Gasteiger partial charge in [0.25, 0.3) is 11.8 Å². The van der Waals surface area contributed by atoms with Crippen LogP contribution in [0.3, 0.4) is 0 Å². The molecule has 31 heavy (non-hydrogen) atoms. The number of hydrogen-bond donors (Lipinski definition) is 0. The molecule has 0 saturated carbocycles. The molecule has 0 spiro atoms. The number of benzene rings is 1. The monoisotopic (exact) mass is 420 g/mol. The Kier molecular flexibility index (Phi) is 6.42. The zero-order valence-electron chi connectivity index (χ0n) is 17.9. The van der Waals surface area contributed by atoms with E-state index in [1.807, 2.05) is 31.4 Å². The number of carbonyl (C=O) groups excluding carboxylic acids is 3. The molecular formula is C24H28N4O3. The third kappa shape index (κ3) is 4.66. The molecule has 4 rings (SSSR count). The van der Waals surface area contributed by atoms with Crippen LogP contribution in [0, 0.1) is 0 Å². The van der Waals surface area contributed by atoms with Crippen LogP contribution in [-0.2, 0) is 11.2 Å². The molecule has 0 bridgehead atoms. The predicted octanol–water partition coefficient (Wildman–Crippen LogP) is 2.23. The number of piperidine rings is 1. The minimum atomic E-state index is -0.308. The quantitative estimate of drug-likeness (QED) is 0.643. The first kappa shape index (κ1) is 21.2. The van der Waals surface area contributed by atoms with Gasteiger partial charge in [0.05, 0.1) is 11.1 Å². The minimum absolute atomic E-state index is 0.0245. The standard InChI is InChI=1S/C24H28N4O3/c1-26(19-10-15-27(16-11-19)14-9-18-6-4-5-13-25-18)22(29)12-17-28-23(30)20-7-2-3-8-21(20)24(28)31/h2-8,13,19H,9-12,14-17H2,1H3. The van der Waals surface area contributed by atoms with Crippen LogP contribution in [0.1, 0.15) is 45.7 Å². The van der Waals surface area contributed by atoms with Gasteiger partial charge in [-0.25, -0.2) is 0 Å². The van der Waals surface area contributed by atoms with Crippen molar-refractivity contribution in [2.24, 2.45) is 0 Å². The number of carbonyl (C=O) groups is 3. The van der Waals surface area contributed by atoms with Crippen LogP contribution < -0.4 is 0 Å². The molecule has 3 heterocycles. The number of likely N-dealkylation sites (tertiary alicyclic amines) is 1. The van der Waals surface area contributed by atoms with Crippen molar-refractivity contribution >= 4 is 17.7 Å². The van der Waals surface area contributed by atoms with Gasteiger partial charge in [0.15, 0.2) is 0 Å². The first-order valence-corrected chi connectivity index (χ1v) is 10.9. The molecule has 0 N–H and O–H groups in total. The van der Waals surface area contributed by atoms with E-state index >= 15 is 0 Å². The van der Waals surface area contributed by atoms with Gasteiger partial charge in [0, 0.05) is 64.0 Å². The van der Waals surface area contributed by atoms with E-state index < -0.39 is 0 Å². The van der Waals surface area contributed by atoms with Gasteiger partial charge in [-0.15, -0.1) is 0 Å². The lowest BCUT2D eigenvalue weighted by molar-refractivity contribution is -0.132. The molecule has 7 nitrogen and oxygen atoms in total. The van der Waals surface area contributed by atoms with Gasteiger partial charge in [-0.05, 0) is 37.1 Å². The maximum atomic E-state index is 12.7. The van der Waals surface area contributed by atoms with Crippen molar-refractivity contribution in [2.75, 3.05) is 33.2 Å². The van der Waals surface area contributed by atoms with E-state index in [0.717, 1.165) is 44.6 Å². The van der Waals surface area contributed by atoms with Crippen molar-refractivity contribution in [3.8, 4) is 0 Å². The molecule has 2 aliphatic heterocycles. The Morgan fingerprint density at radius 3 is 2.26 bits per heavy atom. The van der Waals surface area contributed by atoms with Gasteiger partial charge in [0.2, 0.25) is 5.91 Å². The Morgan fingerprint density at radius 1 is 1.00 bits per heavy atom. The van der Waals surface area contributed by atoms with Crippen LogP contribution in [0.15, 0.2) is 48.7 Å². The summed E-state index contributed by atoms with van der Waals surface area (Å²) in [6.45, 7) is 3.00. The molecule has 0 atom stereocenters. The Hall–Kier alpha value is -3.06. The number of amides is 3. The van der Waals surface area contributed by atoms with Crippen LogP contribution in [0.4, 0.5) is 0 Å². The topological polar surface area (TPSA) is 73.8 Å². The first-order chi connectivity index (χ1) is 15.0. The fraction of sp³-hybridized carbons (Fsp3) is 0.417. The molecule has 2 aromatic rings. The number of aromatic nitrogens is 1. The minimum Gasteiger partial charge on any atom is -0.343 e. The predicted molar refractivity (Wildman–Crippen MR) is 117 cm³/mol. The summed E-state index contributed by atoms with van der Waals surface area (Å²) >= 11 is 0. The Labute approximate surface area is 182 Å². The fourth-order valence-corrected chi connectivity index (χ4v) is 4.38. The third-order valence-corrected chi connectivity index (χ3v) is 6.34. The largest absolute Gasteiger partial charge is 0.343 e. The third-order valence-electron chi connectivity index (χ3n) is 6.34. The van der Waals surface area contributed by atoms with Crippen LogP contribution in [0.5, 0.6) is 0 Å². The Morgan fingerprint density at radius 2 is 1.65 bits per heavy atom. The van der Waals surface area contributed by atoms with Gasteiger partial charge in [-0.3, -0.25) is 24.3 Å². The molecule has 0 aliphatic carbocycles. The molecular weight excluding hydrogens is 392 g/mol. The van der Waals surface area contributed by atoms with Crippen molar-refractivity contribution < 1.29 is 14.4 Å². The number of hydrogen-bond acceptors (Lipinski definition) is 5. The summed E-state index contributed by atoms with van der Waals surface area (Å²) in [5.41, 5.74) is 1.95. The van der Waals surface area contributed by atoms with E-state index in [2.05, 4.69) is 9.88 Å². The molecule has 1 aromatic heterocycles. The van der Waals surface area contributed by atoms with Crippen molar-refractivity contribution in [1.82, 2.24) is 19.7 Å². The number of imide groups is 1. The number of rotatable bonds is 7. The fourth-order valence-electron chi connectivity index (χ4n) is 4.38. The van der Waals surface area contributed by atoms with E-state index in [0.29, 0.717) is 11.1 Å². The summed E-state index contributed by atoms with van der Waals surface area (Å²) in [5.74, 6) is -0.641. The highest BCUT2D eigenvalue weighted by Gasteiger charge is 2.35. The molecule has 7 heteroatoms. The summed E-state index contributed by atoms with van der Waals surface area (Å²) in [4.78, 5) is 47.4. The van der Waals surface area contributed by atoms with Crippen LogP contribution in [0.2, 0.25) is 0 Å². The summed E-state index contributed by atoms with van der Waals surface area (Å²) in [7, 11) is 1.83. The molecule has 1 fully saturated rings. The van der Waals surface area contributed by atoms with Crippen LogP contribution in [-0.4, -0.2) is 76.7 Å². The summed E-state index contributed by atoms with van der Waals surface area (Å²) < 4.78 is 0. The number of pyridine rings is 1. The molecule has 162 valence electrons. The van der Waals surface area contributed by atoms with Gasteiger partial charge < -0.3 is 9.80 Å². The second-order valence-electron chi connectivity index (χ2n) is 8.21. The summed E-state index contributed by atoms with van der Waals surface area (Å²) in [6, 6.07) is 13.0. The molecule has 2 aliphatic rings. The van der Waals surface area contributed by atoms with E-state index in [4.69, 9.17) is 0 Å². The van der Waals surface area contributed by atoms with E-state index in [9.17, 15) is 14.4 Å². The molecule has 3 amide bonds.